The Hall–Kier alpha value is -2.37. The van der Waals surface area contributed by atoms with Crippen LogP contribution in [0.4, 0.5) is 5.69 Å². The van der Waals surface area contributed by atoms with Gasteiger partial charge in [0.15, 0.2) is 0 Å². The third-order valence-electron chi connectivity index (χ3n) is 7.51. The predicted molar refractivity (Wildman–Crippen MR) is 162 cm³/mol. The number of fused-ring (bicyclic) bond motifs is 1. The number of anilines is 1. The molecule has 11 heteroatoms. The molecule has 0 aromatic heterocycles. The summed E-state index contributed by atoms with van der Waals surface area (Å²) in [5.41, 5.74) is 1.28. The molecule has 1 N–H and O–H groups in total. The molecule has 1 aliphatic rings. The van der Waals surface area contributed by atoms with Crippen molar-refractivity contribution < 1.29 is 27.8 Å². The number of hydrogen-bond donors (Lipinski definition) is 1. The van der Waals surface area contributed by atoms with E-state index in [0.717, 1.165) is 24.9 Å². The largest absolute Gasteiger partial charge is 0.490 e. The Morgan fingerprint density at radius 3 is 2.41 bits per heavy atom. The highest BCUT2D eigenvalue weighted by Crippen LogP contribution is 2.29. The van der Waals surface area contributed by atoms with Gasteiger partial charge in [0, 0.05) is 57.5 Å². The van der Waals surface area contributed by atoms with Crippen molar-refractivity contribution in [2.45, 2.75) is 63.2 Å². The smallest absolute Gasteiger partial charge is 0.258 e. The average Bonchev–Trinajstić information content (AvgIpc) is 2.93. The van der Waals surface area contributed by atoms with Crippen molar-refractivity contribution >= 4 is 33.2 Å². The quantitative estimate of drug-likeness (QED) is 0.493. The first-order valence-corrected chi connectivity index (χ1v) is 15.9. The standard InChI is InChI=1S/C30H44ClN3O6S/c1-21-18-34(22(2)20-35)30(36)27-17-25(32(4)5)12-15-28(27)40-23(3)9-7-8-16-39-29(21)19-33(6)41(37,38)26-13-10-24(31)11-14-26/h10-15,17,21-23,29,35H,7-9,16,18-20H2,1-6H3/t21-,22+,23-,29-/m0/s1. The molecule has 0 spiro atoms. The molecule has 0 saturated carbocycles. The van der Waals surface area contributed by atoms with Crippen LogP contribution in [0.25, 0.3) is 0 Å². The Labute approximate surface area is 250 Å². The van der Waals surface area contributed by atoms with E-state index >= 15 is 0 Å². The van der Waals surface area contributed by atoms with Crippen LogP contribution in [0.3, 0.4) is 0 Å². The number of carbonyl (C=O) groups is 1. The molecule has 0 aliphatic carbocycles. The Kier molecular flexibility index (Phi) is 11.9. The average molecular weight is 610 g/mol. The van der Waals surface area contributed by atoms with Crippen molar-refractivity contribution in [1.29, 1.82) is 0 Å². The highest BCUT2D eigenvalue weighted by molar-refractivity contribution is 7.89. The van der Waals surface area contributed by atoms with E-state index in [1.165, 1.54) is 23.5 Å². The van der Waals surface area contributed by atoms with Crippen molar-refractivity contribution in [3.05, 3.63) is 53.1 Å². The van der Waals surface area contributed by atoms with E-state index in [1.54, 1.807) is 24.0 Å². The van der Waals surface area contributed by atoms with Gasteiger partial charge in [0.1, 0.15) is 5.75 Å². The van der Waals surface area contributed by atoms with E-state index in [-0.39, 0.29) is 42.5 Å². The van der Waals surface area contributed by atoms with Crippen molar-refractivity contribution in [3.8, 4) is 5.75 Å². The van der Waals surface area contributed by atoms with Gasteiger partial charge in [-0.3, -0.25) is 4.79 Å². The lowest BCUT2D eigenvalue weighted by molar-refractivity contribution is -0.00833. The Bertz CT molecular complexity index is 1260. The number of amides is 1. The number of carbonyl (C=O) groups excluding carboxylic acids is 1. The number of benzene rings is 2. The third-order valence-corrected chi connectivity index (χ3v) is 9.60. The normalized spacial score (nSPS) is 22.0. The summed E-state index contributed by atoms with van der Waals surface area (Å²) in [6.07, 6.45) is 1.80. The Morgan fingerprint density at radius 2 is 1.78 bits per heavy atom. The zero-order valence-corrected chi connectivity index (χ0v) is 26.5. The van der Waals surface area contributed by atoms with Gasteiger partial charge in [0.2, 0.25) is 10.0 Å². The summed E-state index contributed by atoms with van der Waals surface area (Å²) in [5.74, 6) is -0.00382. The topological polar surface area (TPSA) is 99.6 Å². The van der Waals surface area contributed by atoms with Gasteiger partial charge in [0.25, 0.3) is 5.91 Å². The van der Waals surface area contributed by atoms with Crippen LogP contribution in [0.15, 0.2) is 47.4 Å². The maximum atomic E-state index is 14.1. The number of ether oxygens (including phenoxy) is 2. The number of sulfonamides is 1. The molecular formula is C30H44ClN3O6S. The first-order valence-electron chi connectivity index (χ1n) is 14.1. The Morgan fingerprint density at radius 1 is 1.10 bits per heavy atom. The molecule has 9 nitrogen and oxygen atoms in total. The lowest BCUT2D eigenvalue weighted by atomic mass is 10.0. The van der Waals surface area contributed by atoms with Gasteiger partial charge in [-0.1, -0.05) is 18.5 Å². The summed E-state index contributed by atoms with van der Waals surface area (Å²) in [6, 6.07) is 11.2. The van der Waals surface area contributed by atoms with E-state index in [1.807, 2.05) is 51.0 Å². The number of nitrogens with zero attached hydrogens (tertiary/aromatic N) is 3. The summed E-state index contributed by atoms with van der Waals surface area (Å²) in [7, 11) is 1.55. The first-order chi connectivity index (χ1) is 19.3. The molecule has 1 heterocycles. The van der Waals surface area contributed by atoms with Gasteiger partial charge in [-0.25, -0.2) is 8.42 Å². The van der Waals surface area contributed by atoms with Crippen LogP contribution >= 0.6 is 11.6 Å². The van der Waals surface area contributed by atoms with Crippen LogP contribution in [-0.2, 0) is 14.8 Å². The van der Waals surface area contributed by atoms with E-state index in [9.17, 15) is 18.3 Å². The molecule has 3 rings (SSSR count). The molecule has 0 fully saturated rings. The zero-order chi connectivity index (χ0) is 30.3. The first kappa shape index (κ1) is 33.1. The number of halogens is 1. The molecule has 0 radical (unpaired) electrons. The van der Waals surface area contributed by atoms with Crippen LogP contribution < -0.4 is 9.64 Å². The number of aliphatic hydroxyl groups is 1. The second kappa shape index (κ2) is 14.7. The summed E-state index contributed by atoms with van der Waals surface area (Å²) in [5, 5.41) is 10.6. The number of aliphatic hydroxyl groups excluding tert-OH is 1. The van der Waals surface area contributed by atoms with Crippen LogP contribution in [0, 0.1) is 5.92 Å². The minimum Gasteiger partial charge on any atom is -0.490 e. The Balaban J connectivity index is 1.96. The van der Waals surface area contributed by atoms with Crippen LogP contribution in [0.1, 0.15) is 50.4 Å². The van der Waals surface area contributed by atoms with Crippen LogP contribution in [0.5, 0.6) is 5.75 Å². The van der Waals surface area contributed by atoms with Crippen molar-refractivity contribution in [2.24, 2.45) is 5.92 Å². The minimum absolute atomic E-state index is 0.0997. The molecule has 0 unspecified atom stereocenters. The minimum atomic E-state index is -3.79. The molecule has 0 saturated heterocycles. The summed E-state index contributed by atoms with van der Waals surface area (Å²) in [6.45, 7) is 6.29. The molecule has 1 aliphatic heterocycles. The molecule has 4 atom stereocenters. The molecule has 1 amide bonds. The second-order valence-electron chi connectivity index (χ2n) is 11.1. The van der Waals surface area contributed by atoms with Gasteiger partial charge in [-0.05, 0) is 75.6 Å². The van der Waals surface area contributed by atoms with Gasteiger partial charge >= 0.3 is 0 Å². The number of hydrogen-bond acceptors (Lipinski definition) is 7. The summed E-state index contributed by atoms with van der Waals surface area (Å²) < 4.78 is 40.5. The van der Waals surface area contributed by atoms with Crippen LogP contribution in [-0.4, -0.2) is 94.3 Å². The van der Waals surface area contributed by atoms with Gasteiger partial charge in [-0.2, -0.15) is 4.31 Å². The molecular weight excluding hydrogens is 566 g/mol. The molecule has 41 heavy (non-hydrogen) atoms. The van der Waals surface area contributed by atoms with E-state index in [0.29, 0.717) is 22.9 Å². The van der Waals surface area contributed by atoms with Crippen molar-refractivity contribution in [1.82, 2.24) is 9.21 Å². The van der Waals surface area contributed by atoms with Crippen LogP contribution in [0.2, 0.25) is 5.02 Å². The lowest BCUT2D eigenvalue weighted by Gasteiger charge is -2.35. The van der Waals surface area contributed by atoms with E-state index < -0.39 is 22.2 Å². The van der Waals surface area contributed by atoms with E-state index in [2.05, 4.69) is 0 Å². The fraction of sp³-hybridized carbons (Fsp3) is 0.567. The molecule has 0 bridgehead atoms. The van der Waals surface area contributed by atoms with Crippen molar-refractivity contribution in [3.63, 3.8) is 0 Å². The van der Waals surface area contributed by atoms with E-state index in [4.69, 9.17) is 21.1 Å². The van der Waals surface area contributed by atoms with Gasteiger partial charge in [0.05, 0.1) is 35.3 Å². The molecule has 2 aromatic carbocycles. The maximum absolute atomic E-state index is 14.1. The van der Waals surface area contributed by atoms with Gasteiger partial charge < -0.3 is 24.4 Å². The fourth-order valence-electron chi connectivity index (χ4n) is 4.79. The zero-order valence-electron chi connectivity index (χ0n) is 24.9. The molecule has 2 aromatic rings. The number of rotatable bonds is 7. The maximum Gasteiger partial charge on any atom is 0.258 e. The lowest BCUT2D eigenvalue weighted by Crippen LogP contribution is -2.48. The second-order valence-corrected chi connectivity index (χ2v) is 13.6. The monoisotopic (exact) mass is 609 g/mol. The molecule has 228 valence electrons. The summed E-state index contributed by atoms with van der Waals surface area (Å²) in [4.78, 5) is 17.8. The SMILES string of the molecule is C[C@H](CO)N1C[C@H](C)[C@H](CN(C)S(=O)(=O)c2ccc(Cl)cc2)OCCCC[C@H](C)Oc2ccc(N(C)C)cc2C1=O. The number of likely N-dealkylation sites (N-methyl/N-ethyl adjacent to an activating group) is 1. The van der Waals surface area contributed by atoms with Gasteiger partial charge in [-0.15, -0.1) is 0 Å². The fourth-order valence-corrected chi connectivity index (χ4v) is 6.10. The highest BCUT2D eigenvalue weighted by Gasteiger charge is 2.32. The predicted octanol–water partition coefficient (Wildman–Crippen LogP) is 4.52. The summed E-state index contributed by atoms with van der Waals surface area (Å²) >= 11 is 5.96. The third kappa shape index (κ3) is 8.58. The van der Waals surface area contributed by atoms with Crippen molar-refractivity contribution in [2.75, 3.05) is 52.3 Å². The highest BCUT2D eigenvalue weighted by atomic mass is 35.5.